The molecule has 1 heterocycles. The second kappa shape index (κ2) is 6.27. The van der Waals surface area contributed by atoms with Gasteiger partial charge >= 0.3 is 6.03 Å². The van der Waals surface area contributed by atoms with Crippen molar-refractivity contribution in [2.45, 2.75) is 53.4 Å². The molecule has 3 nitrogen and oxygen atoms in total. The Kier molecular flexibility index (Phi) is 5.29. The molecule has 1 aliphatic heterocycles. The van der Waals surface area contributed by atoms with E-state index in [1.165, 1.54) is 12.8 Å². The number of nitrogens with one attached hydrogen (secondary N) is 1. The zero-order valence-corrected chi connectivity index (χ0v) is 11.9. The zero-order chi connectivity index (χ0) is 12.9. The SMILES string of the molecule is CC(C)C(C)(C)CNC(=O)N1CCCCCC1. The quantitative estimate of drug-likeness (QED) is 0.807. The topological polar surface area (TPSA) is 32.3 Å². The van der Waals surface area contributed by atoms with Crippen LogP contribution in [0.2, 0.25) is 0 Å². The van der Waals surface area contributed by atoms with E-state index in [-0.39, 0.29) is 11.4 Å². The van der Waals surface area contributed by atoms with Crippen molar-refractivity contribution in [1.82, 2.24) is 10.2 Å². The average Bonchev–Trinajstić information content (AvgIpc) is 2.54. The van der Waals surface area contributed by atoms with Crippen molar-refractivity contribution in [3.8, 4) is 0 Å². The number of hydrogen-bond donors (Lipinski definition) is 1. The second-order valence-electron chi connectivity index (χ2n) is 6.20. The Hall–Kier alpha value is -0.730. The number of carbonyl (C=O) groups excluding carboxylic acids is 1. The van der Waals surface area contributed by atoms with E-state index in [1.54, 1.807) is 0 Å². The van der Waals surface area contributed by atoms with Crippen LogP contribution in [0.15, 0.2) is 0 Å². The fourth-order valence-corrected chi connectivity index (χ4v) is 1.89. The Morgan fingerprint density at radius 1 is 1.18 bits per heavy atom. The molecule has 1 fully saturated rings. The summed E-state index contributed by atoms with van der Waals surface area (Å²) in [5.74, 6) is 0.576. The monoisotopic (exact) mass is 240 g/mol. The van der Waals surface area contributed by atoms with Gasteiger partial charge in [-0.2, -0.15) is 0 Å². The molecule has 0 aliphatic carbocycles. The molecule has 3 heteroatoms. The van der Waals surface area contributed by atoms with Crippen LogP contribution in [0.4, 0.5) is 4.79 Å². The van der Waals surface area contributed by atoms with E-state index >= 15 is 0 Å². The minimum Gasteiger partial charge on any atom is -0.337 e. The molecule has 0 aromatic heterocycles. The molecular formula is C14H28N2O. The summed E-state index contributed by atoms with van der Waals surface area (Å²) in [4.78, 5) is 14.0. The molecule has 1 rings (SSSR count). The van der Waals surface area contributed by atoms with Crippen molar-refractivity contribution in [2.75, 3.05) is 19.6 Å². The van der Waals surface area contributed by atoms with E-state index in [9.17, 15) is 4.79 Å². The lowest BCUT2D eigenvalue weighted by molar-refractivity contribution is 0.184. The van der Waals surface area contributed by atoms with Crippen LogP contribution in [0.3, 0.4) is 0 Å². The standard InChI is InChI=1S/C14H28N2O/c1-12(2)14(3,4)11-15-13(17)16-9-7-5-6-8-10-16/h12H,5-11H2,1-4H3,(H,15,17). The zero-order valence-electron chi connectivity index (χ0n) is 11.9. The van der Waals surface area contributed by atoms with Gasteiger partial charge in [0, 0.05) is 19.6 Å². The van der Waals surface area contributed by atoms with Gasteiger partial charge in [0.05, 0.1) is 0 Å². The van der Waals surface area contributed by atoms with Gasteiger partial charge in [-0.15, -0.1) is 0 Å². The summed E-state index contributed by atoms with van der Waals surface area (Å²) in [6.07, 6.45) is 4.84. The number of amides is 2. The normalized spacial score (nSPS) is 18.1. The van der Waals surface area contributed by atoms with Gasteiger partial charge < -0.3 is 10.2 Å². The van der Waals surface area contributed by atoms with Crippen LogP contribution in [0.1, 0.15) is 53.4 Å². The number of likely N-dealkylation sites (tertiary alicyclic amines) is 1. The fraction of sp³-hybridized carbons (Fsp3) is 0.929. The van der Waals surface area contributed by atoms with Gasteiger partial charge in [-0.25, -0.2) is 4.79 Å². The first-order chi connectivity index (χ1) is 7.93. The lowest BCUT2D eigenvalue weighted by atomic mass is 9.81. The lowest BCUT2D eigenvalue weighted by Crippen LogP contribution is -2.45. The van der Waals surface area contributed by atoms with E-state index < -0.39 is 0 Å². The third kappa shape index (κ3) is 4.57. The van der Waals surface area contributed by atoms with Gasteiger partial charge in [-0.3, -0.25) is 0 Å². The molecule has 0 atom stereocenters. The molecule has 1 N–H and O–H groups in total. The molecule has 1 saturated heterocycles. The first-order valence-electron chi connectivity index (χ1n) is 6.96. The van der Waals surface area contributed by atoms with Crippen LogP contribution in [-0.4, -0.2) is 30.6 Å². The summed E-state index contributed by atoms with van der Waals surface area (Å²) in [5, 5.41) is 3.09. The van der Waals surface area contributed by atoms with Crippen molar-refractivity contribution < 1.29 is 4.79 Å². The van der Waals surface area contributed by atoms with Crippen molar-refractivity contribution in [2.24, 2.45) is 11.3 Å². The molecule has 0 radical (unpaired) electrons. The number of urea groups is 1. The van der Waals surface area contributed by atoms with Gasteiger partial charge in [0.1, 0.15) is 0 Å². The predicted molar refractivity (Wildman–Crippen MR) is 72.1 cm³/mol. The van der Waals surface area contributed by atoms with E-state index in [1.807, 2.05) is 4.90 Å². The average molecular weight is 240 g/mol. The van der Waals surface area contributed by atoms with Crippen molar-refractivity contribution in [3.63, 3.8) is 0 Å². The Labute approximate surface area is 106 Å². The van der Waals surface area contributed by atoms with Gasteiger partial charge in [0.2, 0.25) is 0 Å². The molecule has 0 bridgehead atoms. The molecule has 0 unspecified atom stereocenters. The minimum atomic E-state index is 0.126. The Morgan fingerprint density at radius 3 is 2.18 bits per heavy atom. The Balaban J connectivity index is 2.38. The number of hydrogen-bond acceptors (Lipinski definition) is 1. The summed E-state index contributed by atoms with van der Waals surface area (Å²) in [7, 11) is 0. The molecule has 2 amide bonds. The van der Waals surface area contributed by atoms with E-state index in [0.717, 1.165) is 32.5 Å². The molecule has 0 saturated carbocycles. The summed E-state index contributed by atoms with van der Waals surface area (Å²) in [6.45, 7) is 11.4. The van der Waals surface area contributed by atoms with Crippen molar-refractivity contribution in [3.05, 3.63) is 0 Å². The molecule has 0 aromatic rings. The van der Waals surface area contributed by atoms with Crippen LogP contribution in [-0.2, 0) is 0 Å². The van der Waals surface area contributed by atoms with Crippen molar-refractivity contribution in [1.29, 1.82) is 0 Å². The van der Waals surface area contributed by atoms with Gasteiger partial charge in [0.25, 0.3) is 0 Å². The van der Waals surface area contributed by atoms with Crippen LogP contribution in [0, 0.1) is 11.3 Å². The van der Waals surface area contributed by atoms with E-state index in [0.29, 0.717) is 5.92 Å². The molecule has 0 spiro atoms. The molecule has 1 aliphatic rings. The van der Waals surface area contributed by atoms with Gasteiger partial charge in [0.15, 0.2) is 0 Å². The summed E-state index contributed by atoms with van der Waals surface area (Å²) < 4.78 is 0. The van der Waals surface area contributed by atoms with Crippen LogP contribution in [0.5, 0.6) is 0 Å². The minimum absolute atomic E-state index is 0.126. The fourth-order valence-electron chi connectivity index (χ4n) is 1.89. The molecular weight excluding hydrogens is 212 g/mol. The maximum absolute atomic E-state index is 12.0. The summed E-state index contributed by atoms with van der Waals surface area (Å²) in [6, 6.07) is 0.126. The highest BCUT2D eigenvalue weighted by atomic mass is 16.2. The first kappa shape index (κ1) is 14.3. The third-order valence-electron chi connectivity index (χ3n) is 4.15. The van der Waals surface area contributed by atoms with Gasteiger partial charge in [-0.1, -0.05) is 40.5 Å². The van der Waals surface area contributed by atoms with Crippen LogP contribution < -0.4 is 5.32 Å². The highest BCUT2D eigenvalue weighted by Gasteiger charge is 2.24. The predicted octanol–water partition coefficient (Wildman–Crippen LogP) is 3.25. The van der Waals surface area contributed by atoms with Crippen LogP contribution in [0.25, 0.3) is 0 Å². The van der Waals surface area contributed by atoms with Crippen LogP contribution >= 0.6 is 0 Å². The van der Waals surface area contributed by atoms with Gasteiger partial charge in [-0.05, 0) is 24.2 Å². The summed E-state index contributed by atoms with van der Waals surface area (Å²) in [5.41, 5.74) is 0.168. The second-order valence-corrected chi connectivity index (χ2v) is 6.20. The smallest absolute Gasteiger partial charge is 0.317 e. The first-order valence-corrected chi connectivity index (χ1v) is 6.96. The Morgan fingerprint density at radius 2 is 1.71 bits per heavy atom. The summed E-state index contributed by atoms with van der Waals surface area (Å²) >= 11 is 0. The lowest BCUT2D eigenvalue weighted by Gasteiger charge is -2.31. The largest absolute Gasteiger partial charge is 0.337 e. The maximum Gasteiger partial charge on any atom is 0.317 e. The maximum atomic E-state index is 12.0. The van der Waals surface area contributed by atoms with Crippen molar-refractivity contribution >= 4 is 6.03 Å². The number of nitrogens with zero attached hydrogens (tertiary/aromatic N) is 1. The highest BCUT2D eigenvalue weighted by Crippen LogP contribution is 2.24. The molecule has 0 aromatic carbocycles. The Bertz CT molecular complexity index is 241. The number of carbonyl (C=O) groups is 1. The highest BCUT2D eigenvalue weighted by molar-refractivity contribution is 5.74. The molecule has 17 heavy (non-hydrogen) atoms. The number of rotatable bonds is 3. The third-order valence-corrected chi connectivity index (χ3v) is 4.15. The molecule has 100 valence electrons. The van der Waals surface area contributed by atoms with E-state index in [4.69, 9.17) is 0 Å². The van der Waals surface area contributed by atoms with E-state index in [2.05, 4.69) is 33.0 Å².